The lowest BCUT2D eigenvalue weighted by atomic mass is 9.82. The Balaban J connectivity index is 1.38. The average molecular weight is 454 g/mol. The molecule has 1 spiro atoms. The van der Waals surface area contributed by atoms with Crippen LogP contribution in [0, 0.1) is 6.92 Å². The number of carbonyl (C=O) groups excluding carboxylic acids is 3. The van der Waals surface area contributed by atoms with Crippen LogP contribution in [-0.4, -0.2) is 48.4 Å². The summed E-state index contributed by atoms with van der Waals surface area (Å²) in [6.07, 6.45) is 4.72. The van der Waals surface area contributed by atoms with Crippen LogP contribution in [0.4, 0.5) is 0 Å². The zero-order valence-corrected chi connectivity index (χ0v) is 18.8. The number of likely N-dealkylation sites (tertiary alicyclic amines) is 1. The van der Waals surface area contributed by atoms with Crippen LogP contribution in [-0.2, 0) is 9.53 Å². The number of hydrogen-bond donors (Lipinski definition) is 0. The highest BCUT2D eigenvalue weighted by Gasteiger charge is 2.43. The van der Waals surface area contributed by atoms with E-state index in [-0.39, 0.29) is 11.7 Å². The number of nitrogens with zero attached hydrogens (tertiary/aromatic N) is 1. The lowest BCUT2D eigenvalue weighted by Gasteiger charge is -2.43. The molecule has 0 bridgehead atoms. The van der Waals surface area contributed by atoms with Gasteiger partial charge in [-0.3, -0.25) is 9.59 Å². The number of fused-ring (bicyclic) bond motifs is 1. The number of ether oxygens (including phenoxy) is 2. The first-order valence-corrected chi connectivity index (χ1v) is 10.9. The van der Waals surface area contributed by atoms with Crippen molar-refractivity contribution in [1.82, 2.24) is 4.90 Å². The fraction of sp³-hybridized carbons (Fsp3) is 0.320. The Hall–Kier alpha value is -3.12. The van der Waals surface area contributed by atoms with Crippen molar-refractivity contribution in [2.45, 2.75) is 31.8 Å². The monoisotopic (exact) mass is 453 g/mol. The number of benzene rings is 2. The molecule has 2 aromatic rings. The molecule has 0 N–H and O–H groups in total. The first-order chi connectivity index (χ1) is 15.3. The number of rotatable bonds is 3. The van der Waals surface area contributed by atoms with Crippen LogP contribution in [0.3, 0.4) is 0 Å². The summed E-state index contributed by atoms with van der Waals surface area (Å²) in [5.74, 6) is 0.117. The van der Waals surface area contributed by atoms with Crippen molar-refractivity contribution >= 4 is 35.3 Å². The van der Waals surface area contributed by atoms with Crippen LogP contribution in [0.25, 0.3) is 6.08 Å². The summed E-state index contributed by atoms with van der Waals surface area (Å²) < 4.78 is 11.0. The third-order valence-corrected chi connectivity index (χ3v) is 6.51. The number of esters is 1. The van der Waals surface area contributed by atoms with Gasteiger partial charge in [0.05, 0.1) is 24.7 Å². The van der Waals surface area contributed by atoms with Gasteiger partial charge in [0, 0.05) is 37.0 Å². The van der Waals surface area contributed by atoms with Gasteiger partial charge in [0.25, 0.3) is 0 Å². The molecule has 0 aliphatic carbocycles. The second-order valence-corrected chi connectivity index (χ2v) is 8.66. The molecular formula is C25H24ClNO5. The molecule has 0 radical (unpaired) electrons. The van der Waals surface area contributed by atoms with Crippen LogP contribution in [0.15, 0.2) is 42.5 Å². The molecule has 166 valence electrons. The average Bonchev–Trinajstić information content (AvgIpc) is 2.79. The first-order valence-electron chi connectivity index (χ1n) is 10.5. The van der Waals surface area contributed by atoms with Gasteiger partial charge in [0.2, 0.25) is 5.91 Å². The van der Waals surface area contributed by atoms with Crippen LogP contribution >= 0.6 is 11.6 Å². The smallest absolute Gasteiger partial charge is 0.337 e. The fourth-order valence-corrected chi connectivity index (χ4v) is 4.31. The molecule has 2 aromatic carbocycles. The van der Waals surface area contributed by atoms with Gasteiger partial charge >= 0.3 is 5.97 Å². The summed E-state index contributed by atoms with van der Waals surface area (Å²) in [6.45, 7) is 2.91. The Bertz CT molecular complexity index is 1100. The minimum atomic E-state index is -0.575. The molecule has 1 saturated heterocycles. The van der Waals surface area contributed by atoms with E-state index in [0.717, 1.165) is 11.1 Å². The lowest BCUT2D eigenvalue weighted by Crippen LogP contribution is -2.52. The van der Waals surface area contributed by atoms with E-state index in [1.165, 1.54) is 13.2 Å². The summed E-state index contributed by atoms with van der Waals surface area (Å²) >= 11 is 6.17. The molecule has 2 aliphatic rings. The van der Waals surface area contributed by atoms with Crippen molar-refractivity contribution < 1.29 is 23.9 Å². The van der Waals surface area contributed by atoms with Crippen molar-refractivity contribution in [3.05, 3.63) is 69.8 Å². The van der Waals surface area contributed by atoms with Gasteiger partial charge < -0.3 is 14.4 Å². The molecule has 7 heteroatoms. The Labute approximate surface area is 191 Å². The number of hydrogen-bond acceptors (Lipinski definition) is 5. The number of methoxy groups -OCH3 is 1. The number of aryl methyl sites for hydroxylation is 1. The van der Waals surface area contributed by atoms with Crippen LogP contribution in [0.1, 0.15) is 51.1 Å². The van der Waals surface area contributed by atoms with Gasteiger partial charge in [-0.05, 0) is 48.4 Å². The van der Waals surface area contributed by atoms with Gasteiger partial charge in [0.1, 0.15) is 11.4 Å². The molecule has 1 fully saturated rings. The maximum atomic E-state index is 12.7. The molecule has 2 aliphatic heterocycles. The summed E-state index contributed by atoms with van der Waals surface area (Å²) in [5, 5.41) is 0.559. The molecule has 0 atom stereocenters. The summed E-state index contributed by atoms with van der Waals surface area (Å²) in [5.41, 5.74) is 2.09. The van der Waals surface area contributed by atoms with E-state index in [1.54, 1.807) is 41.3 Å². The van der Waals surface area contributed by atoms with E-state index in [1.807, 2.05) is 13.0 Å². The highest BCUT2D eigenvalue weighted by molar-refractivity contribution is 6.31. The topological polar surface area (TPSA) is 72.9 Å². The van der Waals surface area contributed by atoms with Gasteiger partial charge in [-0.1, -0.05) is 23.7 Å². The molecule has 0 aromatic heterocycles. The number of carbonyl (C=O) groups is 3. The highest BCUT2D eigenvalue weighted by atomic mass is 35.5. The Morgan fingerprint density at radius 3 is 2.50 bits per heavy atom. The van der Waals surface area contributed by atoms with Gasteiger partial charge in [0.15, 0.2) is 5.78 Å². The number of ketones is 1. The highest BCUT2D eigenvalue weighted by Crippen LogP contribution is 2.41. The number of Topliss-reactive ketones (excluding diaryl/α,β-unsaturated/α-hetero) is 1. The number of halogens is 1. The quantitative estimate of drug-likeness (QED) is 0.506. The van der Waals surface area contributed by atoms with Gasteiger partial charge in [-0.15, -0.1) is 0 Å². The molecule has 32 heavy (non-hydrogen) atoms. The molecule has 1 amide bonds. The van der Waals surface area contributed by atoms with Crippen molar-refractivity contribution in [3.63, 3.8) is 0 Å². The largest absolute Gasteiger partial charge is 0.486 e. The molecule has 6 nitrogen and oxygen atoms in total. The van der Waals surface area contributed by atoms with Gasteiger partial charge in [-0.25, -0.2) is 4.79 Å². The molecular weight excluding hydrogens is 430 g/mol. The summed E-state index contributed by atoms with van der Waals surface area (Å²) in [6, 6.07) is 10.3. The number of piperidine rings is 1. The van der Waals surface area contributed by atoms with E-state index in [4.69, 9.17) is 16.3 Å². The molecule has 2 heterocycles. The standard InChI is InChI=1S/C25H24ClNO5/c1-16-13-22-19(14-20(16)26)21(28)15-25(32-22)9-11-27(12-10-25)23(29)8-5-17-3-6-18(7-4-17)24(30)31-2/h3-8,13-14H,9-12,15H2,1-2H3/b8-5+. The van der Waals surface area contributed by atoms with Crippen molar-refractivity contribution in [2.24, 2.45) is 0 Å². The maximum Gasteiger partial charge on any atom is 0.337 e. The van der Waals surface area contributed by atoms with E-state index >= 15 is 0 Å². The zero-order chi connectivity index (χ0) is 22.9. The van der Waals surface area contributed by atoms with Crippen LogP contribution in [0.5, 0.6) is 5.75 Å². The van der Waals surface area contributed by atoms with Gasteiger partial charge in [-0.2, -0.15) is 0 Å². The summed E-state index contributed by atoms with van der Waals surface area (Å²) in [4.78, 5) is 38.6. The van der Waals surface area contributed by atoms with Crippen LogP contribution in [0.2, 0.25) is 5.02 Å². The SMILES string of the molecule is COC(=O)c1ccc(/C=C/C(=O)N2CCC3(CC2)CC(=O)c2cc(Cl)c(C)cc2O3)cc1. The molecule has 0 unspecified atom stereocenters. The molecule has 4 rings (SSSR count). The van der Waals surface area contributed by atoms with E-state index < -0.39 is 11.6 Å². The predicted molar refractivity (Wildman–Crippen MR) is 121 cm³/mol. The maximum absolute atomic E-state index is 12.7. The minimum absolute atomic E-state index is 0.0308. The molecule has 0 saturated carbocycles. The van der Waals surface area contributed by atoms with Crippen LogP contribution < -0.4 is 4.74 Å². The number of amides is 1. The minimum Gasteiger partial charge on any atom is -0.486 e. The second kappa shape index (κ2) is 8.79. The Morgan fingerprint density at radius 2 is 1.84 bits per heavy atom. The van der Waals surface area contributed by atoms with Crippen molar-refractivity contribution in [1.29, 1.82) is 0 Å². The van der Waals surface area contributed by atoms with E-state index in [9.17, 15) is 14.4 Å². The van der Waals surface area contributed by atoms with E-state index in [2.05, 4.69) is 4.74 Å². The Kier molecular flexibility index (Phi) is 6.07. The predicted octanol–water partition coefficient (Wildman–Crippen LogP) is 4.47. The second-order valence-electron chi connectivity index (χ2n) is 8.25. The Morgan fingerprint density at radius 1 is 1.16 bits per heavy atom. The third-order valence-electron chi connectivity index (χ3n) is 6.11. The van der Waals surface area contributed by atoms with Crippen molar-refractivity contribution in [2.75, 3.05) is 20.2 Å². The lowest BCUT2D eigenvalue weighted by molar-refractivity contribution is -0.129. The van der Waals surface area contributed by atoms with E-state index in [0.29, 0.717) is 54.3 Å². The third kappa shape index (κ3) is 4.41. The fourth-order valence-electron chi connectivity index (χ4n) is 4.15. The normalized spacial score (nSPS) is 17.2. The zero-order valence-electron chi connectivity index (χ0n) is 18.0. The summed E-state index contributed by atoms with van der Waals surface area (Å²) in [7, 11) is 1.33. The van der Waals surface area contributed by atoms with Crippen molar-refractivity contribution in [3.8, 4) is 5.75 Å². The first kappa shape index (κ1) is 22.1.